The van der Waals surface area contributed by atoms with Gasteiger partial charge >= 0.3 is 0 Å². The fourth-order valence-electron chi connectivity index (χ4n) is 3.64. The first-order valence-electron chi connectivity index (χ1n) is 9.69. The molecule has 3 heterocycles. The number of hydrogen-bond donors (Lipinski definition) is 0. The van der Waals surface area contributed by atoms with Crippen LogP contribution in [0.4, 0.5) is 5.95 Å². The van der Waals surface area contributed by atoms with E-state index in [1.807, 2.05) is 35.5 Å². The molecule has 1 unspecified atom stereocenters. The van der Waals surface area contributed by atoms with Gasteiger partial charge in [0.2, 0.25) is 11.9 Å². The molecule has 4 rings (SSSR count). The Morgan fingerprint density at radius 1 is 0.964 bits per heavy atom. The summed E-state index contributed by atoms with van der Waals surface area (Å²) in [5.41, 5.74) is 2.38. The van der Waals surface area contributed by atoms with Gasteiger partial charge in [-0.25, -0.2) is 9.97 Å². The molecule has 1 aromatic carbocycles. The van der Waals surface area contributed by atoms with Crippen molar-refractivity contribution in [3.63, 3.8) is 0 Å². The van der Waals surface area contributed by atoms with Gasteiger partial charge in [0.15, 0.2) is 0 Å². The minimum Gasteiger partial charge on any atom is -0.346 e. The Balaban J connectivity index is 1.43. The molecule has 28 heavy (non-hydrogen) atoms. The number of aromatic nitrogens is 3. The van der Waals surface area contributed by atoms with Crippen LogP contribution in [0.25, 0.3) is 0 Å². The average Bonchev–Trinajstić information content (AvgIpc) is 3.28. The Bertz CT molecular complexity index is 884. The van der Waals surface area contributed by atoms with Crippen LogP contribution in [0.5, 0.6) is 0 Å². The van der Waals surface area contributed by atoms with Gasteiger partial charge in [-0.05, 0) is 30.7 Å². The molecule has 0 aliphatic carbocycles. The van der Waals surface area contributed by atoms with E-state index in [1.54, 1.807) is 12.4 Å². The Kier molecular flexibility index (Phi) is 5.37. The molecule has 0 spiro atoms. The molecule has 1 amide bonds. The maximum atomic E-state index is 13.0. The molecular formula is C22H25N5O. The van der Waals surface area contributed by atoms with E-state index in [1.165, 1.54) is 5.56 Å². The number of benzene rings is 1. The van der Waals surface area contributed by atoms with Crippen LogP contribution in [0.1, 0.15) is 23.6 Å². The predicted octanol–water partition coefficient (Wildman–Crippen LogP) is 2.91. The van der Waals surface area contributed by atoms with E-state index in [4.69, 9.17) is 0 Å². The van der Waals surface area contributed by atoms with Crippen molar-refractivity contribution in [2.75, 3.05) is 31.1 Å². The monoisotopic (exact) mass is 375 g/mol. The van der Waals surface area contributed by atoms with Crippen LogP contribution in [0, 0.1) is 6.92 Å². The molecule has 6 nitrogen and oxygen atoms in total. The van der Waals surface area contributed by atoms with Crippen molar-refractivity contribution >= 4 is 11.9 Å². The summed E-state index contributed by atoms with van der Waals surface area (Å²) < 4.78 is 2.12. The second kappa shape index (κ2) is 8.25. The number of hydrogen-bond acceptors (Lipinski definition) is 4. The smallest absolute Gasteiger partial charge is 0.225 e. The lowest BCUT2D eigenvalue weighted by Gasteiger charge is -2.35. The van der Waals surface area contributed by atoms with Gasteiger partial charge in [0, 0.05) is 51.0 Å². The second-order valence-electron chi connectivity index (χ2n) is 7.18. The highest BCUT2D eigenvalue weighted by Crippen LogP contribution is 2.24. The molecule has 1 aliphatic rings. The second-order valence-corrected chi connectivity index (χ2v) is 7.18. The van der Waals surface area contributed by atoms with Gasteiger partial charge in [0.1, 0.15) is 0 Å². The van der Waals surface area contributed by atoms with Crippen molar-refractivity contribution in [2.24, 2.45) is 0 Å². The van der Waals surface area contributed by atoms with Gasteiger partial charge < -0.3 is 14.4 Å². The van der Waals surface area contributed by atoms with Gasteiger partial charge in [-0.15, -0.1) is 0 Å². The first-order valence-corrected chi connectivity index (χ1v) is 9.69. The van der Waals surface area contributed by atoms with Crippen LogP contribution in [-0.4, -0.2) is 51.5 Å². The van der Waals surface area contributed by atoms with E-state index < -0.39 is 0 Å². The van der Waals surface area contributed by atoms with Crippen molar-refractivity contribution in [3.05, 3.63) is 78.4 Å². The summed E-state index contributed by atoms with van der Waals surface area (Å²) >= 11 is 0. The highest BCUT2D eigenvalue weighted by molar-refractivity contribution is 5.77. The molecule has 1 fully saturated rings. The molecule has 1 aliphatic heterocycles. The topological polar surface area (TPSA) is 54.3 Å². The van der Waals surface area contributed by atoms with E-state index in [9.17, 15) is 4.79 Å². The molecule has 3 aromatic rings. The van der Waals surface area contributed by atoms with Crippen LogP contribution in [0.2, 0.25) is 0 Å². The van der Waals surface area contributed by atoms with Gasteiger partial charge in [-0.1, -0.05) is 29.8 Å². The van der Waals surface area contributed by atoms with Crippen molar-refractivity contribution in [1.29, 1.82) is 0 Å². The third-order valence-electron chi connectivity index (χ3n) is 5.28. The molecule has 144 valence electrons. The normalized spacial score (nSPS) is 15.5. The zero-order valence-electron chi connectivity index (χ0n) is 16.1. The number of aryl methyl sites for hydroxylation is 1. The summed E-state index contributed by atoms with van der Waals surface area (Å²) in [5, 5.41) is 0. The van der Waals surface area contributed by atoms with Crippen molar-refractivity contribution in [3.8, 4) is 0 Å². The summed E-state index contributed by atoms with van der Waals surface area (Å²) in [4.78, 5) is 25.8. The fraction of sp³-hybridized carbons (Fsp3) is 0.318. The molecule has 0 saturated carbocycles. The Labute approximate surface area is 165 Å². The van der Waals surface area contributed by atoms with Crippen LogP contribution in [-0.2, 0) is 4.79 Å². The highest BCUT2D eigenvalue weighted by Gasteiger charge is 2.25. The largest absolute Gasteiger partial charge is 0.346 e. The molecule has 0 radical (unpaired) electrons. The molecular weight excluding hydrogens is 350 g/mol. The fourth-order valence-corrected chi connectivity index (χ4v) is 3.64. The number of anilines is 1. The quantitative estimate of drug-likeness (QED) is 0.688. The third kappa shape index (κ3) is 4.06. The predicted molar refractivity (Wildman–Crippen MR) is 109 cm³/mol. The molecule has 0 N–H and O–H groups in total. The minimum atomic E-state index is 0.0126. The van der Waals surface area contributed by atoms with E-state index in [2.05, 4.69) is 50.6 Å². The van der Waals surface area contributed by atoms with Gasteiger partial charge in [-0.3, -0.25) is 4.79 Å². The highest BCUT2D eigenvalue weighted by atomic mass is 16.2. The average molecular weight is 375 g/mol. The first kappa shape index (κ1) is 18.2. The number of carbonyl (C=O) groups is 1. The summed E-state index contributed by atoms with van der Waals surface area (Å²) in [6, 6.07) is 14.3. The number of rotatable bonds is 5. The van der Waals surface area contributed by atoms with E-state index in [0.717, 1.165) is 24.6 Å². The maximum absolute atomic E-state index is 13.0. The third-order valence-corrected chi connectivity index (χ3v) is 5.28. The summed E-state index contributed by atoms with van der Waals surface area (Å²) in [6.07, 6.45) is 8.02. The first-order chi connectivity index (χ1) is 13.7. The van der Waals surface area contributed by atoms with Crippen molar-refractivity contribution < 1.29 is 4.79 Å². The van der Waals surface area contributed by atoms with Crippen LogP contribution in [0.15, 0.2) is 67.3 Å². The van der Waals surface area contributed by atoms with E-state index >= 15 is 0 Å². The summed E-state index contributed by atoms with van der Waals surface area (Å²) in [5.74, 6) is 0.923. The lowest BCUT2D eigenvalue weighted by atomic mass is 10.0. The molecule has 1 atom stereocenters. The van der Waals surface area contributed by atoms with Gasteiger partial charge in [-0.2, -0.15) is 0 Å². The Hall–Kier alpha value is -3.15. The zero-order valence-corrected chi connectivity index (χ0v) is 16.1. The van der Waals surface area contributed by atoms with Crippen molar-refractivity contribution in [2.45, 2.75) is 19.4 Å². The van der Waals surface area contributed by atoms with Crippen LogP contribution in [0.3, 0.4) is 0 Å². The summed E-state index contributed by atoms with van der Waals surface area (Å²) in [6.45, 7) is 4.99. The zero-order chi connectivity index (χ0) is 19.3. The lowest BCUT2D eigenvalue weighted by molar-refractivity contribution is -0.132. The van der Waals surface area contributed by atoms with Gasteiger partial charge in [0.05, 0.1) is 12.5 Å². The van der Waals surface area contributed by atoms with Gasteiger partial charge in [0.25, 0.3) is 0 Å². The van der Waals surface area contributed by atoms with Crippen molar-refractivity contribution in [1.82, 2.24) is 19.4 Å². The molecule has 6 heteroatoms. The standard InChI is InChI=1S/C22H25N5O/c1-18-5-7-19(8-6-18)20(25-11-2-3-12-25)17-21(28)26-13-15-27(16-14-26)22-23-9-4-10-24-22/h2-12,20H,13-17H2,1H3. The molecule has 1 saturated heterocycles. The summed E-state index contributed by atoms with van der Waals surface area (Å²) in [7, 11) is 0. The number of carbonyl (C=O) groups excluding carboxylic acids is 1. The van der Waals surface area contributed by atoms with Crippen LogP contribution < -0.4 is 4.90 Å². The SMILES string of the molecule is Cc1ccc(C(CC(=O)N2CCN(c3ncccn3)CC2)n2cccc2)cc1. The molecule has 0 bridgehead atoms. The molecule has 2 aromatic heterocycles. The van der Waals surface area contributed by atoms with E-state index in [0.29, 0.717) is 19.5 Å². The van der Waals surface area contributed by atoms with E-state index in [-0.39, 0.29) is 11.9 Å². The minimum absolute atomic E-state index is 0.0126. The Morgan fingerprint density at radius 2 is 1.61 bits per heavy atom. The number of nitrogens with zero attached hydrogens (tertiary/aromatic N) is 5. The van der Waals surface area contributed by atoms with Crippen LogP contribution >= 0.6 is 0 Å². The Morgan fingerprint density at radius 3 is 2.25 bits per heavy atom. The number of amides is 1. The maximum Gasteiger partial charge on any atom is 0.225 e. The number of piperazine rings is 1. The lowest BCUT2D eigenvalue weighted by Crippen LogP contribution is -2.49.